The summed E-state index contributed by atoms with van der Waals surface area (Å²) >= 11 is 4.86. The number of rotatable bonds is 4. The molecule has 2 aliphatic heterocycles. The van der Waals surface area contributed by atoms with Gasteiger partial charge in [-0.2, -0.15) is 0 Å². The molecule has 1 saturated heterocycles. The second-order valence-electron chi connectivity index (χ2n) is 5.30. The van der Waals surface area contributed by atoms with Gasteiger partial charge in [-0.05, 0) is 17.7 Å². The zero-order valence-corrected chi connectivity index (χ0v) is 15.2. The number of esters is 1. The average molecular weight is 411 g/mol. The molecule has 0 bridgehead atoms. The molecule has 8 heteroatoms. The fourth-order valence-corrected chi connectivity index (χ4v) is 4.76. The van der Waals surface area contributed by atoms with Crippen LogP contribution in [0.2, 0.25) is 0 Å². The first-order valence-corrected chi connectivity index (χ1v) is 9.42. The number of methoxy groups -OCH3 is 1. The summed E-state index contributed by atoms with van der Waals surface area (Å²) in [4.78, 5) is 38.2. The molecule has 1 aromatic carbocycles. The Hall–Kier alpha value is -1.80. The van der Waals surface area contributed by atoms with E-state index in [9.17, 15) is 14.4 Å². The van der Waals surface area contributed by atoms with Crippen LogP contribution in [0.4, 0.5) is 0 Å². The Balaban J connectivity index is 1.78. The van der Waals surface area contributed by atoms with Crippen LogP contribution in [0.15, 0.2) is 41.6 Å². The van der Waals surface area contributed by atoms with Crippen LogP contribution in [0.3, 0.4) is 0 Å². The van der Waals surface area contributed by atoms with Crippen LogP contribution in [0.1, 0.15) is 10.4 Å². The van der Waals surface area contributed by atoms with Gasteiger partial charge in [-0.25, -0.2) is 4.79 Å². The summed E-state index contributed by atoms with van der Waals surface area (Å²) in [6.45, 7) is 0. The summed E-state index contributed by atoms with van der Waals surface area (Å²) < 4.78 is 4.80. The van der Waals surface area contributed by atoms with Gasteiger partial charge in [-0.1, -0.05) is 34.1 Å². The predicted molar refractivity (Wildman–Crippen MR) is 93.6 cm³/mol. The van der Waals surface area contributed by atoms with Crippen molar-refractivity contribution in [2.45, 2.75) is 11.4 Å². The maximum absolute atomic E-state index is 12.5. The highest BCUT2D eigenvalue weighted by Crippen LogP contribution is 2.41. The van der Waals surface area contributed by atoms with Crippen LogP contribution in [0, 0.1) is 0 Å². The molecule has 1 fully saturated rings. The molecule has 0 spiro atoms. The monoisotopic (exact) mass is 410 g/mol. The highest BCUT2D eigenvalue weighted by Gasteiger charge is 2.54. The summed E-state index contributed by atoms with van der Waals surface area (Å²) in [6, 6.07) is 8.08. The number of alkyl halides is 1. The van der Waals surface area contributed by atoms with E-state index in [1.807, 2.05) is 6.07 Å². The number of benzene rings is 1. The Morgan fingerprint density at radius 3 is 2.71 bits per heavy atom. The lowest BCUT2D eigenvalue weighted by Gasteiger charge is -2.49. The van der Waals surface area contributed by atoms with Crippen LogP contribution >= 0.6 is 27.7 Å². The molecule has 0 aliphatic carbocycles. The lowest BCUT2D eigenvalue weighted by molar-refractivity contribution is -0.150. The predicted octanol–water partition coefficient (Wildman–Crippen LogP) is 1.52. The highest BCUT2D eigenvalue weighted by atomic mass is 79.9. The molecule has 2 aliphatic rings. The van der Waals surface area contributed by atoms with Gasteiger partial charge in [0.15, 0.2) is 0 Å². The van der Waals surface area contributed by atoms with Crippen molar-refractivity contribution in [3.05, 3.63) is 47.2 Å². The average Bonchev–Trinajstić information content (AvgIpc) is 2.64. The minimum absolute atomic E-state index is 0.285. The quantitative estimate of drug-likeness (QED) is 0.462. The molecule has 3 rings (SSSR count). The molecule has 126 valence electrons. The summed E-state index contributed by atoms with van der Waals surface area (Å²) in [7, 11) is 1.29. The molecule has 0 radical (unpaired) electrons. The van der Waals surface area contributed by atoms with E-state index in [0.717, 1.165) is 5.57 Å². The second-order valence-corrected chi connectivity index (χ2v) is 6.97. The van der Waals surface area contributed by atoms with E-state index in [1.54, 1.807) is 24.3 Å². The second kappa shape index (κ2) is 6.98. The number of nitrogens with zero attached hydrogens (tertiary/aromatic N) is 1. The van der Waals surface area contributed by atoms with Crippen molar-refractivity contribution >= 4 is 45.5 Å². The van der Waals surface area contributed by atoms with Gasteiger partial charge in [0.1, 0.15) is 17.1 Å². The molecule has 24 heavy (non-hydrogen) atoms. The van der Waals surface area contributed by atoms with Gasteiger partial charge in [0.05, 0.1) is 7.11 Å². The van der Waals surface area contributed by atoms with E-state index in [-0.39, 0.29) is 22.9 Å². The van der Waals surface area contributed by atoms with Crippen molar-refractivity contribution in [1.82, 2.24) is 10.2 Å². The molecule has 1 unspecified atom stereocenters. The van der Waals surface area contributed by atoms with Gasteiger partial charge < -0.3 is 10.1 Å². The van der Waals surface area contributed by atoms with Gasteiger partial charge in [-0.15, -0.1) is 11.8 Å². The number of amides is 2. The zero-order chi connectivity index (χ0) is 17.3. The molecule has 1 N–H and O–H groups in total. The first-order valence-electron chi connectivity index (χ1n) is 7.25. The largest absolute Gasteiger partial charge is 0.464 e. The summed E-state index contributed by atoms with van der Waals surface area (Å²) in [5.41, 5.74) is 1.59. The van der Waals surface area contributed by atoms with E-state index >= 15 is 0 Å². The van der Waals surface area contributed by atoms with Gasteiger partial charge in [0.25, 0.3) is 11.8 Å². The summed E-state index contributed by atoms with van der Waals surface area (Å²) in [5.74, 6) is -0.530. The van der Waals surface area contributed by atoms with E-state index in [4.69, 9.17) is 4.74 Å². The fraction of sp³-hybridized carbons (Fsp3) is 0.312. The van der Waals surface area contributed by atoms with Gasteiger partial charge >= 0.3 is 5.97 Å². The molecule has 6 nitrogen and oxygen atoms in total. The van der Waals surface area contributed by atoms with Gasteiger partial charge in [0.2, 0.25) is 0 Å². The van der Waals surface area contributed by atoms with Crippen molar-refractivity contribution in [2.75, 3.05) is 18.2 Å². The van der Waals surface area contributed by atoms with E-state index in [1.165, 1.54) is 23.8 Å². The zero-order valence-electron chi connectivity index (χ0n) is 12.8. The third-order valence-electron chi connectivity index (χ3n) is 3.91. The molecule has 0 saturated carbocycles. The third kappa shape index (κ3) is 2.84. The Morgan fingerprint density at radius 2 is 2.08 bits per heavy atom. The topological polar surface area (TPSA) is 75.7 Å². The molecule has 2 heterocycles. The lowest BCUT2D eigenvalue weighted by atomic mass is 10.0. The normalized spacial score (nSPS) is 22.6. The van der Waals surface area contributed by atoms with Crippen molar-refractivity contribution in [1.29, 1.82) is 0 Å². The van der Waals surface area contributed by atoms with Crippen LogP contribution in [-0.4, -0.2) is 52.3 Å². The Kier molecular flexibility index (Phi) is 4.96. The van der Waals surface area contributed by atoms with Gasteiger partial charge in [-0.3, -0.25) is 14.5 Å². The fourth-order valence-electron chi connectivity index (χ4n) is 2.69. The number of halogens is 1. The first-order chi connectivity index (χ1) is 11.6. The van der Waals surface area contributed by atoms with E-state index < -0.39 is 12.0 Å². The molecule has 2 atom stereocenters. The Bertz CT molecular complexity index is 722. The van der Waals surface area contributed by atoms with E-state index in [0.29, 0.717) is 16.6 Å². The first kappa shape index (κ1) is 17.0. The number of thioether (sulfide) groups is 1. The molecule has 2 amide bonds. The minimum atomic E-state index is -0.640. The summed E-state index contributed by atoms with van der Waals surface area (Å²) in [6.07, 6.45) is 0. The Morgan fingerprint density at radius 1 is 1.38 bits per heavy atom. The smallest absolute Gasteiger partial charge is 0.354 e. The lowest BCUT2D eigenvalue weighted by Crippen LogP contribution is -2.70. The van der Waals surface area contributed by atoms with E-state index in [2.05, 4.69) is 21.2 Å². The number of nitrogens with one attached hydrogen (secondary N) is 1. The van der Waals surface area contributed by atoms with Crippen molar-refractivity contribution in [3.8, 4) is 0 Å². The molecule has 0 aromatic heterocycles. The number of hydrogen-bond acceptors (Lipinski definition) is 5. The maximum Gasteiger partial charge on any atom is 0.354 e. The van der Waals surface area contributed by atoms with Crippen molar-refractivity contribution in [3.63, 3.8) is 0 Å². The molecular formula is C16H15BrN2O4S. The number of ether oxygens (including phenoxy) is 1. The molecule has 1 aromatic rings. The van der Waals surface area contributed by atoms with Crippen LogP contribution in [0.25, 0.3) is 0 Å². The number of fused-ring (bicyclic) bond motifs is 1. The van der Waals surface area contributed by atoms with Crippen molar-refractivity contribution in [2.24, 2.45) is 0 Å². The minimum Gasteiger partial charge on any atom is -0.464 e. The standard InChI is InChI=1S/C16H15BrN2O4S/c1-23-16(22)12-10(7-17)8-24-15-11(14(21)19(12)15)18-13(20)9-5-3-2-4-6-9/h2-6,11,15H,7-8H2,1H3,(H,18,20)/t11?,15-/m1/s1. The summed E-state index contributed by atoms with van der Waals surface area (Å²) in [5, 5.41) is 2.95. The van der Waals surface area contributed by atoms with Crippen LogP contribution < -0.4 is 5.32 Å². The Labute approximate surface area is 151 Å². The van der Waals surface area contributed by atoms with Gasteiger partial charge in [0, 0.05) is 16.6 Å². The van der Waals surface area contributed by atoms with Crippen molar-refractivity contribution < 1.29 is 19.1 Å². The maximum atomic E-state index is 12.5. The number of hydrogen-bond donors (Lipinski definition) is 1. The van der Waals surface area contributed by atoms with Crippen LogP contribution in [0.5, 0.6) is 0 Å². The third-order valence-corrected chi connectivity index (χ3v) is 5.93. The number of carbonyl (C=O) groups excluding carboxylic acids is 3. The van der Waals surface area contributed by atoms with Crippen LogP contribution in [-0.2, 0) is 14.3 Å². The number of carbonyl (C=O) groups is 3. The molecular weight excluding hydrogens is 396 g/mol. The highest BCUT2D eigenvalue weighted by molar-refractivity contribution is 9.09. The number of β-lactam (4-membered cyclic amide) rings is 1. The SMILES string of the molecule is COC(=O)C1=C(CBr)CS[C@@H]2C(NC(=O)c3ccccc3)C(=O)N12.